The lowest BCUT2D eigenvalue weighted by molar-refractivity contribution is 0.0526. The minimum Gasteiger partial charge on any atom is -0.462 e. The Kier molecular flexibility index (Phi) is 4.16. The fourth-order valence-corrected chi connectivity index (χ4v) is 2.95. The number of aryl methyl sites for hydroxylation is 1. The van der Waals surface area contributed by atoms with E-state index in [0.717, 1.165) is 9.35 Å². The van der Waals surface area contributed by atoms with Gasteiger partial charge >= 0.3 is 5.97 Å². The molecule has 0 saturated carbocycles. The van der Waals surface area contributed by atoms with E-state index in [1.54, 1.807) is 13.8 Å². The second-order valence-electron chi connectivity index (χ2n) is 3.74. The highest BCUT2D eigenvalue weighted by Crippen LogP contribution is 2.29. The number of nitrogens with zero attached hydrogens (tertiary/aromatic N) is 2. The molecule has 7 heteroatoms. The Morgan fingerprint density at radius 1 is 1.53 bits per heavy atom. The Balaban J connectivity index is 2.45. The van der Waals surface area contributed by atoms with Crippen molar-refractivity contribution >= 4 is 39.1 Å². The van der Waals surface area contributed by atoms with Crippen LogP contribution in [0.25, 0.3) is 10.7 Å². The molecule has 0 aromatic carbocycles. The van der Waals surface area contributed by atoms with E-state index in [4.69, 9.17) is 10.5 Å². The first-order valence-corrected chi connectivity index (χ1v) is 7.25. The number of anilines is 1. The molecular weight excluding hydrogens is 330 g/mol. The van der Waals surface area contributed by atoms with Crippen LogP contribution in [0.5, 0.6) is 0 Å². The summed E-state index contributed by atoms with van der Waals surface area (Å²) in [4.78, 5) is 21.1. The molecule has 2 N–H and O–H groups in total. The predicted octanol–water partition coefficient (Wildman–Crippen LogP) is 3.03. The number of rotatable bonds is 3. The molecule has 0 saturated heterocycles. The van der Waals surface area contributed by atoms with Gasteiger partial charge in [-0.15, -0.1) is 11.3 Å². The minimum absolute atomic E-state index is 0.144. The van der Waals surface area contributed by atoms with Gasteiger partial charge in [-0.25, -0.2) is 14.8 Å². The maximum Gasteiger partial charge on any atom is 0.343 e. The second kappa shape index (κ2) is 5.66. The quantitative estimate of drug-likeness (QED) is 0.868. The fraction of sp³-hybridized carbons (Fsp3) is 0.250. The lowest BCUT2D eigenvalue weighted by atomic mass is 10.2. The summed E-state index contributed by atoms with van der Waals surface area (Å²) in [6.07, 6.45) is 0. The average molecular weight is 342 g/mol. The smallest absolute Gasteiger partial charge is 0.343 e. The maximum absolute atomic E-state index is 11.8. The van der Waals surface area contributed by atoms with Crippen LogP contribution < -0.4 is 5.73 Å². The van der Waals surface area contributed by atoms with Crippen molar-refractivity contribution in [3.05, 3.63) is 27.2 Å². The van der Waals surface area contributed by atoms with Gasteiger partial charge in [-0.05, 0) is 35.8 Å². The summed E-state index contributed by atoms with van der Waals surface area (Å²) in [7, 11) is 0. The number of hydrogen-bond donors (Lipinski definition) is 1. The van der Waals surface area contributed by atoms with E-state index in [1.807, 2.05) is 11.4 Å². The van der Waals surface area contributed by atoms with Gasteiger partial charge in [-0.2, -0.15) is 0 Å². The largest absolute Gasteiger partial charge is 0.462 e. The van der Waals surface area contributed by atoms with Crippen molar-refractivity contribution in [2.45, 2.75) is 13.8 Å². The van der Waals surface area contributed by atoms with Crippen LogP contribution in [0, 0.1) is 6.92 Å². The van der Waals surface area contributed by atoms with Crippen LogP contribution in [0.15, 0.2) is 15.9 Å². The summed E-state index contributed by atoms with van der Waals surface area (Å²) < 4.78 is 5.90. The van der Waals surface area contributed by atoms with Crippen LogP contribution in [0.3, 0.4) is 0 Å². The molecule has 0 aliphatic carbocycles. The summed E-state index contributed by atoms with van der Waals surface area (Å²) in [5, 5.41) is 1.93. The minimum atomic E-state index is -0.489. The van der Waals surface area contributed by atoms with Crippen molar-refractivity contribution in [1.29, 1.82) is 0 Å². The van der Waals surface area contributed by atoms with Crippen LogP contribution >= 0.6 is 27.3 Å². The van der Waals surface area contributed by atoms with Crippen LogP contribution in [0.4, 0.5) is 5.82 Å². The summed E-state index contributed by atoms with van der Waals surface area (Å²) in [5.74, 6) is 0.167. The highest BCUT2D eigenvalue weighted by atomic mass is 79.9. The molecule has 0 radical (unpaired) electrons. The third-order valence-corrected chi connectivity index (χ3v) is 4.07. The van der Waals surface area contributed by atoms with Crippen LogP contribution in [0.2, 0.25) is 0 Å². The van der Waals surface area contributed by atoms with Crippen LogP contribution in [-0.2, 0) is 4.74 Å². The molecule has 0 amide bonds. The Labute approximate surface area is 123 Å². The van der Waals surface area contributed by atoms with Crippen molar-refractivity contribution in [2.24, 2.45) is 0 Å². The van der Waals surface area contributed by atoms with Gasteiger partial charge in [0.1, 0.15) is 11.4 Å². The molecule has 100 valence electrons. The number of thiophene rings is 1. The van der Waals surface area contributed by atoms with E-state index in [0.29, 0.717) is 11.5 Å². The van der Waals surface area contributed by atoms with E-state index >= 15 is 0 Å². The van der Waals surface area contributed by atoms with E-state index < -0.39 is 5.97 Å². The molecule has 0 aliphatic heterocycles. The standard InChI is InChI=1S/C12H12BrN3O2S/c1-3-18-12(17)9-6(2)15-11(16-10(9)14)8-4-7(13)5-19-8/h4-5H,3H2,1-2H3,(H2,14,15,16). The first-order chi connectivity index (χ1) is 9.02. The number of esters is 1. The third kappa shape index (κ3) is 2.93. The van der Waals surface area contributed by atoms with Gasteiger partial charge < -0.3 is 10.5 Å². The predicted molar refractivity (Wildman–Crippen MR) is 78.2 cm³/mol. The number of aromatic nitrogens is 2. The molecular formula is C12H12BrN3O2S. The van der Waals surface area contributed by atoms with E-state index in [-0.39, 0.29) is 18.0 Å². The zero-order valence-electron chi connectivity index (χ0n) is 10.4. The maximum atomic E-state index is 11.8. The van der Waals surface area contributed by atoms with Crippen molar-refractivity contribution in [3.8, 4) is 10.7 Å². The van der Waals surface area contributed by atoms with Crippen molar-refractivity contribution in [3.63, 3.8) is 0 Å². The summed E-state index contributed by atoms with van der Waals surface area (Å²) in [5.41, 5.74) is 6.59. The molecule has 0 spiro atoms. The van der Waals surface area contributed by atoms with Gasteiger partial charge in [0.25, 0.3) is 0 Å². The highest BCUT2D eigenvalue weighted by molar-refractivity contribution is 9.10. The van der Waals surface area contributed by atoms with Gasteiger partial charge in [0.05, 0.1) is 17.2 Å². The first kappa shape index (κ1) is 14.0. The second-order valence-corrected chi connectivity index (χ2v) is 5.57. The van der Waals surface area contributed by atoms with E-state index in [2.05, 4.69) is 25.9 Å². The molecule has 0 bridgehead atoms. The van der Waals surface area contributed by atoms with Gasteiger partial charge in [-0.3, -0.25) is 0 Å². The molecule has 0 unspecified atom stereocenters. The number of hydrogen-bond acceptors (Lipinski definition) is 6. The number of nitrogens with two attached hydrogens (primary N) is 1. The summed E-state index contributed by atoms with van der Waals surface area (Å²) in [6.45, 7) is 3.75. The Bertz CT molecular complexity index is 604. The number of carbonyl (C=O) groups is 1. The van der Waals surface area contributed by atoms with Crippen molar-refractivity contribution in [2.75, 3.05) is 12.3 Å². The Hall–Kier alpha value is -1.47. The molecule has 19 heavy (non-hydrogen) atoms. The lowest BCUT2D eigenvalue weighted by Crippen LogP contribution is -2.13. The highest BCUT2D eigenvalue weighted by Gasteiger charge is 2.19. The normalized spacial score (nSPS) is 10.5. The molecule has 0 aliphatic rings. The lowest BCUT2D eigenvalue weighted by Gasteiger charge is -2.08. The monoisotopic (exact) mass is 341 g/mol. The van der Waals surface area contributed by atoms with Gasteiger partial charge in [-0.1, -0.05) is 0 Å². The molecule has 2 rings (SSSR count). The van der Waals surface area contributed by atoms with Gasteiger partial charge in [0.2, 0.25) is 0 Å². The van der Waals surface area contributed by atoms with Crippen molar-refractivity contribution in [1.82, 2.24) is 9.97 Å². The van der Waals surface area contributed by atoms with E-state index in [9.17, 15) is 4.79 Å². The molecule has 2 aromatic heterocycles. The zero-order valence-corrected chi connectivity index (χ0v) is 12.8. The molecule has 2 heterocycles. The summed E-state index contributed by atoms with van der Waals surface area (Å²) >= 11 is 4.88. The van der Waals surface area contributed by atoms with E-state index in [1.165, 1.54) is 11.3 Å². The van der Waals surface area contributed by atoms with Crippen molar-refractivity contribution < 1.29 is 9.53 Å². The van der Waals surface area contributed by atoms with Gasteiger partial charge in [0, 0.05) is 9.85 Å². The third-order valence-electron chi connectivity index (χ3n) is 2.39. The molecule has 0 atom stereocenters. The van der Waals surface area contributed by atoms with Gasteiger partial charge in [0.15, 0.2) is 5.82 Å². The zero-order chi connectivity index (χ0) is 14.0. The fourth-order valence-electron chi connectivity index (χ4n) is 1.59. The number of ether oxygens (including phenoxy) is 1. The SMILES string of the molecule is CCOC(=O)c1c(C)nc(-c2cc(Br)cs2)nc1N. The molecule has 5 nitrogen and oxygen atoms in total. The molecule has 2 aromatic rings. The Morgan fingerprint density at radius 3 is 2.79 bits per heavy atom. The van der Waals surface area contributed by atoms with Crippen LogP contribution in [0.1, 0.15) is 23.0 Å². The number of nitrogen functional groups attached to an aromatic ring is 1. The number of halogens is 1. The first-order valence-electron chi connectivity index (χ1n) is 5.58. The summed E-state index contributed by atoms with van der Waals surface area (Å²) in [6, 6.07) is 1.91. The Morgan fingerprint density at radius 2 is 2.26 bits per heavy atom. The number of carbonyl (C=O) groups excluding carboxylic acids is 1. The topological polar surface area (TPSA) is 78.1 Å². The molecule has 0 fully saturated rings. The average Bonchev–Trinajstić information content (AvgIpc) is 2.75. The van der Waals surface area contributed by atoms with Crippen LogP contribution in [-0.4, -0.2) is 22.5 Å².